The lowest BCUT2D eigenvalue weighted by Crippen LogP contribution is -2.54. The van der Waals surface area contributed by atoms with Crippen molar-refractivity contribution in [3.63, 3.8) is 0 Å². The third kappa shape index (κ3) is 8.48. The Morgan fingerprint density at radius 1 is 1.05 bits per heavy atom. The van der Waals surface area contributed by atoms with Gasteiger partial charge in [-0.25, -0.2) is 4.79 Å². The molecule has 0 aliphatic heterocycles. The highest BCUT2D eigenvalue weighted by Crippen LogP contribution is 2.28. The van der Waals surface area contributed by atoms with Crippen molar-refractivity contribution in [1.29, 1.82) is 0 Å². The van der Waals surface area contributed by atoms with Gasteiger partial charge in [-0.3, -0.25) is 14.4 Å². The van der Waals surface area contributed by atoms with Crippen LogP contribution in [-0.4, -0.2) is 63.7 Å². The minimum absolute atomic E-state index is 0.149. The summed E-state index contributed by atoms with van der Waals surface area (Å²) in [5.41, 5.74) is 6.81. The molecule has 0 saturated carbocycles. The van der Waals surface area contributed by atoms with E-state index in [-0.39, 0.29) is 17.9 Å². The van der Waals surface area contributed by atoms with Gasteiger partial charge in [0.1, 0.15) is 23.4 Å². The first-order chi connectivity index (χ1) is 17.7. The van der Waals surface area contributed by atoms with E-state index in [1.807, 2.05) is 32.0 Å². The summed E-state index contributed by atoms with van der Waals surface area (Å²) < 4.78 is 5.22. The number of primary amides is 1. The van der Waals surface area contributed by atoms with E-state index in [2.05, 4.69) is 10.6 Å². The first-order valence-electron chi connectivity index (χ1n) is 12.1. The summed E-state index contributed by atoms with van der Waals surface area (Å²) in [6.07, 6.45) is -1.54. The van der Waals surface area contributed by atoms with Crippen molar-refractivity contribution in [2.75, 3.05) is 18.5 Å². The maximum atomic E-state index is 13.8. The molecule has 6 N–H and O–H groups in total. The van der Waals surface area contributed by atoms with Crippen LogP contribution in [0.1, 0.15) is 49.9 Å². The zero-order valence-corrected chi connectivity index (χ0v) is 22.3. The van der Waals surface area contributed by atoms with Crippen molar-refractivity contribution in [2.45, 2.75) is 58.7 Å². The van der Waals surface area contributed by atoms with E-state index in [4.69, 9.17) is 10.5 Å². The molecule has 0 bridgehead atoms. The van der Waals surface area contributed by atoms with E-state index < -0.39 is 54.5 Å². The Labute approximate surface area is 222 Å². The molecular weight excluding hydrogens is 492 g/mol. The van der Waals surface area contributed by atoms with E-state index in [1.54, 1.807) is 20.8 Å². The number of amides is 4. The van der Waals surface area contributed by atoms with Crippen molar-refractivity contribution in [2.24, 2.45) is 5.73 Å². The normalized spacial score (nSPS) is 12.7. The van der Waals surface area contributed by atoms with Crippen LogP contribution < -0.4 is 16.4 Å². The molecule has 0 aliphatic carbocycles. The number of carbonyl (C=O) groups is 4. The molecule has 2 aromatic carbocycles. The average Bonchev–Trinajstić information content (AvgIpc) is 2.79. The van der Waals surface area contributed by atoms with Crippen molar-refractivity contribution < 1.29 is 34.1 Å². The molecule has 0 heterocycles. The first kappa shape index (κ1) is 30.1. The number of aromatic hydroxyl groups is 1. The van der Waals surface area contributed by atoms with Crippen molar-refractivity contribution in [1.82, 2.24) is 10.2 Å². The molecule has 4 amide bonds. The largest absolute Gasteiger partial charge is 0.508 e. The van der Waals surface area contributed by atoms with Gasteiger partial charge in [-0.2, -0.15) is 0 Å². The van der Waals surface area contributed by atoms with Crippen molar-refractivity contribution in [3.8, 4) is 5.75 Å². The van der Waals surface area contributed by atoms with Crippen LogP contribution in [0.3, 0.4) is 0 Å². The average molecular weight is 529 g/mol. The topological polar surface area (TPSA) is 171 Å². The Balaban J connectivity index is 2.55. The number of aliphatic hydroxyl groups is 1. The highest BCUT2D eigenvalue weighted by atomic mass is 16.6. The molecule has 206 valence electrons. The Morgan fingerprint density at radius 2 is 1.66 bits per heavy atom. The van der Waals surface area contributed by atoms with Crippen LogP contribution in [0.25, 0.3) is 0 Å². The number of nitrogens with zero attached hydrogens (tertiary/aromatic N) is 1. The summed E-state index contributed by atoms with van der Waals surface area (Å²) in [6, 6.07) is 8.40. The lowest BCUT2D eigenvalue weighted by Gasteiger charge is -2.34. The molecule has 2 atom stereocenters. The van der Waals surface area contributed by atoms with Crippen LogP contribution in [0.15, 0.2) is 42.5 Å². The number of ether oxygens (including phenoxy) is 1. The number of rotatable bonds is 10. The second-order valence-corrected chi connectivity index (χ2v) is 9.88. The van der Waals surface area contributed by atoms with Gasteiger partial charge in [-0.1, -0.05) is 30.3 Å². The Bertz CT molecular complexity index is 1160. The number of hydrogen-bond donors (Lipinski definition) is 5. The second kappa shape index (κ2) is 12.9. The number of phenolic OH excluding ortho intramolecular Hbond substituents is 1. The molecule has 0 radical (unpaired) electrons. The molecule has 2 unspecified atom stereocenters. The van der Waals surface area contributed by atoms with E-state index >= 15 is 0 Å². The Morgan fingerprint density at radius 3 is 2.18 bits per heavy atom. The zero-order valence-electron chi connectivity index (χ0n) is 22.3. The third-order valence-electron chi connectivity index (χ3n) is 5.49. The number of para-hydroxylation sites is 1. The maximum absolute atomic E-state index is 13.8. The molecule has 0 saturated heterocycles. The van der Waals surface area contributed by atoms with Crippen LogP contribution in [0.4, 0.5) is 10.5 Å². The minimum atomic E-state index is -1.48. The van der Waals surface area contributed by atoms with Crippen LogP contribution in [0, 0.1) is 13.8 Å². The van der Waals surface area contributed by atoms with Crippen LogP contribution >= 0.6 is 0 Å². The second-order valence-electron chi connectivity index (χ2n) is 9.88. The molecule has 0 aromatic heterocycles. The zero-order chi connectivity index (χ0) is 28.6. The van der Waals surface area contributed by atoms with Gasteiger partial charge >= 0.3 is 6.09 Å². The van der Waals surface area contributed by atoms with E-state index in [0.717, 1.165) is 16.0 Å². The van der Waals surface area contributed by atoms with Gasteiger partial charge in [-0.15, -0.1) is 0 Å². The van der Waals surface area contributed by atoms with Crippen LogP contribution in [-0.2, 0) is 19.1 Å². The maximum Gasteiger partial charge on any atom is 0.408 e. The Kier molecular flexibility index (Phi) is 10.2. The molecule has 0 spiro atoms. The SMILES string of the molecule is Cc1cccc(C)c1NC(=O)C(c1cccc(O)c1)N(CCO)C(=O)C(CC(N)=O)NC(=O)OC(C)(C)C. The van der Waals surface area contributed by atoms with E-state index in [9.17, 15) is 29.4 Å². The molecule has 11 heteroatoms. The quantitative estimate of drug-likeness (QED) is 0.315. The number of carbonyl (C=O) groups excluding carboxylic acids is 4. The van der Waals surface area contributed by atoms with Gasteiger partial charge < -0.3 is 36.2 Å². The van der Waals surface area contributed by atoms with Gasteiger partial charge in [-0.05, 0) is 63.4 Å². The predicted octanol–water partition coefficient (Wildman–Crippen LogP) is 2.28. The number of hydrogen-bond acceptors (Lipinski definition) is 7. The minimum Gasteiger partial charge on any atom is -0.508 e. The number of phenols is 1. The number of alkyl carbamates (subject to hydrolysis) is 1. The van der Waals surface area contributed by atoms with E-state index in [1.165, 1.54) is 24.3 Å². The first-order valence-corrected chi connectivity index (χ1v) is 12.1. The molecule has 0 fully saturated rings. The summed E-state index contributed by atoms with van der Waals surface area (Å²) in [5, 5.41) is 25.1. The van der Waals surface area contributed by atoms with Crippen molar-refractivity contribution in [3.05, 3.63) is 59.2 Å². The highest BCUT2D eigenvalue weighted by Gasteiger charge is 2.37. The lowest BCUT2D eigenvalue weighted by molar-refractivity contribution is -0.142. The van der Waals surface area contributed by atoms with Gasteiger partial charge in [0.15, 0.2) is 0 Å². The fourth-order valence-electron chi connectivity index (χ4n) is 3.90. The number of anilines is 1. The van der Waals surface area contributed by atoms with E-state index in [0.29, 0.717) is 5.69 Å². The molecule has 11 nitrogen and oxygen atoms in total. The smallest absolute Gasteiger partial charge is 0.408 e. The molecular formula is C27H36N4O7. The summed E-state index contributed by atoms with van der Waals surface area (Å²) in [6.45, 7) is 7.66. The highest BCUT2D eigenvalue weighted by molar-refractivity contribution is 6.00. The number of nitrogens with two attached hydrogens (primary N) is 1. The number of benzene rings is 2. The van der Waals surface area contributed by atoms with Crippen LogP contribution in [0.5, 0.6) is 5.75 Å². The molecule has 2 rings (SSSR count). The third-order valence-corrected chi connectivity index (χ3v) is 5.49. The molecule has 38 heavy (non-hydrogen) atoms. The van der Waals surface area contributed by atoms with Crippen molar-refractivity contribution >= 4 is 29.5 Å². The lowest BCUT2D eigenvalue weighted by atomic mass is 10.0. The number of nitrogens with one attached hydrogen (secondary N) is 2. The summed E-state index contributed by atoms with van der Waals surface area (Å²) >= 11 is 0. The Hall–Kier alpha value is -4.12. The summed E-state index contributed by atoms with van der Waals surface area (Å²) in [7, 11) is 0. The van der Waals surface area contributed by atoms with Gasteiger partial charge in [0.05, 0.1) is 13.0 Å². The summed E-state index contributed by atoms with van der Waals surface area (Å²) in [4.78, 5) is 52.8. The number of aryl methyl sites for hydroxylation is 2. The predicted molar refractivity (Wildman–Crippen MR) is 141 cm³/mol. The van der Waals surface area contributed by atoms with Gasteiger partial charge in [0.25, 0.3) is 5.91 Å². The summed E-state index contributed by atoms with van der Waals surface area (Å²) in [5.74, 6) is -2.51. The molecule has 2 aromatic rings. The standard InChI is InChI=1S/C27H36N4O7/c1-16-8-6-9-17(2)22(16)30-24(35)23(18-10-7-11-19(33)14-18)31(12-13-32)25(36)20(15-21(28)34)29-26(37)38-27(3,4)5/h6-11,14,20,23,32-33H,12-13,15H2,1-5H3,(H2,28,34)(H,29,37)(H,30,35). The van der Waals surface area contributed by atoms with Gasteiger partial charge in [0, 0.05) is 12.2 Å². The number of aliphatic hydroxyl groups excluding tert-OH is 1. The van der Waals surface area contributed by atoms with Gasteiger partial charge in [0.2, 0.25) is 11.8 Å². The fraction of sp³-hybridized carbons (Fsp3) is 0.407. The fourth-order valence-corrected chi connectivity index (χ4v) is 3.90. The van der Waals surface area contributed by atoms with Crippen LogP contribution in [0.2, 0.25) is 0 Å². The monoisotopic (exact) mass is 528 g/mol. The molecule has 0 aliphatic rings.